The van der Waals surface area contributed by atoms with Gasteiger partial charge in [-0.05, 0) is 29.2 Å². The number of carbonyl (C=O) groups excluding carboxylic acids is 4. The van der Waals surface area contributed by atoms with Crippen LogP contribution in [0.5, 0.6) is 0 Å². The SMILES string of the molecule is C[C@H](C(=O)OCC(=O)c1cccc([N+](=O)[O-])c1)N1C(=O)[C@@H]2[C@H](C1=O)C1(Cl)c3ccccc3C2(Cl)c2ccccc21. The van der Waals surface area contributed by atoms with Crippen LogP contribution in [0.4, 0.5) is 5.69 Å². The summed E-state index contributed by atoms with van der Waals surface area (Å²) in [5, 5.41) is 11.0. The van der Waals surface area contributed by atoms with Gasteiger partial charge in [0.1, 0.15) is 15.8 Å². The fourth-order valence-electron chi connectivity index (χ4n) is 6.31. The van der Waals surface area contributed by atoms with Crippen molar-refractivity contribution >= 4 is 52.5 Å². The highest BCUT2D eigenvalue weighted by Gasteiger charge is 2.73. The molecule has 0 spiro atoms. The van der Waals surface area contributed by atoms with Crippen LogP contribution in [0.3, 0.4) is 0 Å². The number of likely N-dealkylation sites (tertiary alicyclic amines) is 1. The van der Waals surface area contributed by atoms with Gasteiger partial charge in [0, 0.05) is 17.7 Å². The zero-order valence-corrected chi connectivity index (χ0v) is 22.4. The van der Waals surface area contributed by atoms with Crippen LogP contribution in [0, 0.1) is 22.0 Å². The van der Waals surface area contributed by atoms with Crippen molar-refractivity contribution in [2.75, 3.05) is 6.61 Å². The first-order valence-corrected chi connectivity index (χ1v) is 13.2. The third kappa shape index (κ3) is 3.34. The maximum Gasteiger partial charge on any atom is 0.329 e. The molecule has 1 heterocycles. The quantitative estimate of drug-likeness (QED) is 0.107. The molecule has 9 nitrogen and oxygen atoms in total. The molecule has 0 radical (unpaired) electrons. The number of imide groups is 1. The van der Waals surface area contributed by atoms with Gasteiger partial charge >= 0.3 is 5.97 Å². The van der Waals surface area contributed by atoms with Crippen molar-refractivity contribution in [1.29, 1.82) is 0 Å². The number of ether oxygens (including phenoxy) is 1. The van der Waals surface area contributed by atoms with E-state index in [0.717, 1.165) is 11.0 Å². The lowest BCUT2D eigenvalue weighted by Crippen LogP contribution is -2.57. The Morgan fingerprint density at radius 2 is 1.38 bits per heavy atom. The van der Waals surface area contributed by atoms with Crippen molar-refractivity contribution in [2.24, 2.45) is 11.8 Å². The van der Waals surface area contributed by atoms with Gasteiger partial charge in [-0.25, -0.2) is 4.79 Å². The number of ketones is 1. The Hall–Kier alpha value is -4.08. The summed E-state index contributed by atoms with van der Waals surface area (Å²) < 4.78 is 5.16. The Balaban J connectivity index is 1.30. The lowest BCUT2D eigenvalue weighted by molar-refractivity contribution is -0.384. The normalized spacial score (nSPS) is 26.5. The molecule has 7 rings (SSSR count). The number of halogens is 2. The topological polar surface area (TPSA) is 124 Å². The third-order valence-corrected chi connectivity index (χ3v) is 9.36. The monoisotopic (exact) mass is 578 g/mol. The molecule has 1 fully saturated rings. The summed E-state index contributed by atoms with van der Waals surface area (Å²) in [5.41, 5.74) is 2.22. The highest BCUT2D eigenvalue weighted by Crippen LogP contribution is 2.69. The van der Waals surface area contributed by atoms with E-state index < -0.39 is 62.7 Å². The molecule has 11 heteroatoms. The molecule has 1 aliphatic heterocycles. The fourth-order valence-corrected chi connectivity index (χ4v) is 7.41. The number of carbonyl (C=O) groups is 4. The molecule has 202 valence electrons. The summed E-state index contributed by atoms with van der Waals surface area (Å²) in [7, 11) is 0. The molecule has 2 bridgehead atoms. The minimum Gasteiger partial charge on any atom is -0.456 e. The second-order valence-electron chi connectivity index (χ2n) is 10.0. The molecule has 3 aromatic rings. The summed E-state index contributed by atoms with van der Waals surface area (Å²) in [6.07, 6.45) is 0. The molecular formula is C29H20Cl2N2O7. The van der Waals surface area contributed by atoms with Gasteiger partial charge < -0.3 is 4.74 Å². The zero-order valence-electron chi connectivity index (χ0n) is 20.9. The molecule has 40 heavy (non-hydrogen) atoms. The van der Waals surface area contributed by atoms with E-state index in [-0.39, 0.29) is 11.3 Å². The first-order valence-electron chi connectivity index (χ1n) is 12.4. The van der Waals surface area contributed by atoms with Crippen molar-refractivity contribution in [1.82, 2.24) is 4.90 Å². The van der Waals surface area contributed by atoms with Crippen molar-refractivity contribution < 1.29 is 28.8 Å². The van der Waals surface area contributed by atoms with Crippen LogP contribution in [0.15, 0.2) is 72.8 Å². The molecule has 4 aliphatic rings. The third-order valence-electron chi connectivity index (χ3n) is 8.07. The minimum atomic E-state index is -1.39. The van der Waals surface area contributed by atoms with Gasteiger partial charge in [-0.1, -0.05) is 60.7 Å². The molecule has 0 unspecified atom stereocenters. The van der Waals surface area contributed by atoms with Gasteiger partial charge in [-0.2, -0.15) is 0 Å². The van der Waals surface area contributed by atoms with Crippen molar-refractivity contribution in [3.05, 3.63) is 111 Å². The summed E-state index contributed by atoms with van der Waals surface area (Å²) in [6, 6.07) is 18.0. The molecule has 3 aliphatic carbocycles. The number of esters is 1. The number of nitro groups is 1. The van der Waals surface area contributed by atoms with E-state index in [1.54, 1.807) is 48.5 Å². The van der Waals surface area contributed by atoms with Crippen LogP contribution in [-0.4, -0.2) is 46.0 Å². The molecule has 2 amide bonds. The van der Waals surface area contributed by atoms with E-state index in [0.29, 0.717) is 22.3 Å². The Kier molecular flexibility index (Phi) is 5.87. The largest absolute Gasteiger partial charge is 0.456 e. The second-order valence-corrected chi connectivity index (χ2v) is 11.2. The number of Topliss-reactive ketones (excluding diaryl/α,β-unsaturated/α-hetero) is 1. The molecule has 0 saturated carbocycles. The van der Waals surface area contributed by atoms with Crippen molar-refractivity contribution in [3.63, 3.8) is 0 Å². The van der Waals surface area contributed by atoms with E-state index in [4.69, 9.17) is 27.9 Å². The van der Waals surface area contributed by atoms with Crippen LogP contribution in [0.25, 0.3) is 0 Å². The van der Waals surface area contributed by atoms with Crippen LogP contribution < -0.4 is 0 Å². The molecule has 1 saturated heterocycles. The predicted octanol–water partition coefficient (Wildman–Crippen LogP) is 4.30. The lowest BCUT2D eigenvalue weighted by atomic mass is 9.54. The van der Waals surface area contributed by atoms with Crippen LogP contribution in [-0.2, 0) is 28.9 Å². The highest BCUT2D eigenvalue weighted by molar-refractivity contribution is 6.36. The molecule has 0 aromatic heterocycles. The van der Waals surface area contributed by atoms with Gasteiger partial charge in [-0.3, -0.25) is 29.4 Å². The van der Waals surface area contributed by atoms with Crippen molar-refractivity contribution in [3.8, 4) is 0 Å². The van der Waals surface area contributed by atoms with E-state index in [9.17, 15) is 29.3 Å². The van der Waals surface area contributed by atoms with Gasteiger partial charge in [0.15, 0.2) is 6.61 Å². The number of non-ortho nitro benzene ring substituents is 1. The first kappa shape index (κ1) is 26.2. The van der Waals surface area contributed by atoms with Crippen LogP contribution in [0.1, 0.15) is 39.5 Å². The summed E-state index contributed by atoms with van der Waals surface area (Å²) in [5.74, 6) is -5.15. The number of alkyl halides is 2. The van der Waals surface area contributed by atoms with Gasteiger partial charge in [-0.15, -0.1) is 23.2 Å². The summed E-state index contributed by atoms with van der Waals surface area (Å²) in [4.78, 5) is 61.9. The number of amides is 2. The molecule has 0 N–H and O–H groups in total. The second kappa shape index (κ2) is 8.97. The van der Waals surface area contributed by atoms with Crippen LogP contribution in [0.2, 0.25) is 0 Å². The van der Waals surface area contributed by atoms with Crippen molar-refractivity contribution in [2.45, 2.75) is 22.7 Å². The highest BCUT2D eigenvalue weighted by atomic mass is 35.5. The number of benzene rings is 3. The number of nitro benzene ring substituents is 1. The number of rotatable bonds is 6. The standard InChI is InChI=1S/C29H20Cl2N2O7/c1-15(27(37)40-14-22(34)16-7-6-8-17(13-16)33(38)39)32-25(35)23-24(26(32)36)29(31)19-10-3-2-9-18(19)28(23,30)20-11-4-5-12-21(20)29/h2-13,15,23-24H,14H2,1H3/t15-,23-,24+,28?,29?/m1/s1. The Bertz CT molecular complexity index is 1530. The molecule has 3 aromatic carbocycles. The smallest absolute Gasteiger partial charge is 0.329 e. The Morgan fingerprint density at radius 3 is 1.82 bits per heavy atom. The van der Waals surface area contributed by atoms with Gasteiger partial charge in [0.05, 0.1) is 16.8 Å². The predicted molar refractivity (Wildman–Crippen MR) is 143 cm³/mol. The Labute approximate surface area is 237 Å². The van der Waals surface area contributed by atoms with E-state index >= 15 is 0 Å². The molecular weight excluding hydrogens is 559 g/mol. The maximum atomic E-state index is 13.9. The number of hydrogen-bond donors (Lipinski definition) is 0. The number of hydrogen-bond acceptors (Lipinski definition) is 7. The summed E-state index contributed by atoms with van der Waals surface area (Å²) in [6.45, 7) is 0.598. The van der Waals surface area contributed by atoms with Crippen LogP contribution >= 0.6 is 23.2 Å². The summed E-state index contributed by atoms with van der Waals surface area (Å²) >= 11 is 14.7. The Morgan fingerprint density at radius 1 is 0.900 bits per heavy atom. The first-order chi connectivity index (χ1) is 19.0. The number of nitrogens with zero attached hydrogens (tertiary/aromatic N) is 2. The van der Waals surface area contributed by atoms with Gasteiger partial charge in [0.25, 0.3) is 5.69 Å². The van der Waals surface area contributed by atoms with E-state index in [2.05, 4.69) is 0 Å². The van der Waals surface area contributed by atoms with Gasteiger partial charge in [0.2, 0.25) is 17.6 Å². The lowest BCUT2D eigenvalue weighted by Gasteiger charge is -2.54. The minimum absolute atomic E-state index is 0.0192. The average Bonchev–Trinajstić information content (AvgIpc) is 3.24. The average molecular weight is 579 g/mol. The van der Waals surface area contributed by atoms with E-state index in [1.165, 1.54) is 25.1 Å². The fraction of sp³-hybridized carbons (Fsp3) is 0.241. The zero-order chi connectivity index (χ0) is 28.6. The molecule has 3 atom stereocenters. The maximum absolute atomic E-state index is 13.9. The van der Waals surface area contributed by atoms with E-state index in [1.807, 2.05) is 0 Å².